The summed E-state index contributed by atoms with van der Waals surface area (Å²) in [4.78, 5) is 28.6. The first-order valence-electron chi connectivity index (χ1n) is 10.6. The van der Waals surface area contributed by atoms with Gasteiger partial charge in [0.25, 0.3) is 5.91 Å². The fraction of sp³-hybridized carbons (Fsp3) is 0.417. The summed E-state index contributed by atoms with van der Waals surface area (Å²) < 4.78 is 0. The number of piperidine rings is 1. The van der Waals surface area contributed by atoms with Crippen molar-refractivity contribution in [2.45, 2.75) is 43.7 Å². The molecule has 2 aliphatic heterocycles. The van der Waals surface area contributed by atoms with Crippen LogP contribution in [-0.2, 0) is 24.1 Å². The van der Waals surface area contributed by atoms with Crippen LogP contribution in [0.5, 0.6) is 0 Å². The van der Waals surface area contributed by atoms with Gasteiger partial charge in [-0.2, -0.15) is 0 Å². The van der Waals surface area contributed by atoms with E-state index in [-0.39, 0.29) is 23.9 Å². The van der Waals surface area contributed by atoms with Gasteiger partial charge in [-0.3, -0.25) is 9.69 Å². The lowest BCUT2D eigenvalue weighted by Crippen LogP contribution is -2.57. The number of benzene rings is 2. The zero-order valence-corrected chi connectivity index (χ0v) is 16.6. The van der Waals surface area contributed by atoms with Gasteiger partial charge in [0.1, 0.15) is 5.54 Å². The molecule has 5 heteroatoms. The molecule has 0 spiro atoms. The molecule has 2 heterocycles. The maximum absolute atomic E-state index is 13.9. The highest BCUT2D eigenvalue weighted by Crippen LogP contribution is 2.38. The maximum Gasteiger partial charge on any atom is 0.325 e. The van der Waals surface area contributed by atoms with E-state index in [1.807, 2.05) is 30.3 Å². The number of fused-ring (bicyclic) bond motifs is 1. The second-order valence-corrected chi connectivity index (χ2v) is 8.59. The van der Waals surface area contributed by atoms with Gasteiger partial charge in [0.05, 0.1) is 0 Å². The smallest absolute Gasteiger partial charge is 0.322 e. The van der Waals surface area contributed by atoms with E-state index in [2.05, 4.69) is 34.9 Å². The Bertz CT molecular complexity index is 898. The minimum atomic E-state index is -0.838. The van der Waals surface area contributed by atoms with Crippen LogP contribution < -0.4 is 10.6 Å². The molecule has 29 heavy (non-hydrogen) atoms. The van der Waals surface area contributed by atoms with Crippen molar-refractivity contribution in [2.75, 3.05) is 13.1 Å². The molecule has 2 aromatic rings. The second-order valence-electron chi connectivity index (χ2n) is 8.59. The Kier molecular flexibility index (Phi) is 4.63. The molecule has 150 valence electrons. The number of urea groups is 1. The summed E-state index contributed by atoms with van der Waals surface area (Å²) in [5, 5.41) is 6.58. The highest BCUT2D eigenvalue weighted by Gasteiger charge is 2.57. The lowest BCUT2D eigenvalue weighted by molar-refractivity contribution is -0.135. The first-order valence-corrected chi connectivity index (χ1v) is 10.6. The first kappa shape index (κ1) is 18.4. The standard InChI is InChI=1S/C24H27N3O2/c28-22-24(20-10-12-25-13-11-20,16-17-6-2-1-3-7-17)26-23(29)27(22)21-14-18-8-4-5-9-19(18)15-21/h1-9,20-21,25H,10-16H2,(H,26,29)/t24-/m0/s1. The number of nitrogens with zero attached hydrogens (tertiary/aromatic N) is 1. The van der Waals surface area contributed by atoms with Crippen molar-refractivity contribution in [3.63, 3.8) is 0 Å². The average molecular weight is 389 g/mol. The summed E-state index contributed by atoms with van der Waals surface area (Å²) in [5.41, 5.74) is 2.76. The molecule has 2 fully saturated rings. The third kappa shape index (κ3) is 3.14. The second kappa shape index (κ2) is 7.30. The summed E-state index contributed by atoms with van der Waals surface area (Å²) in [6, 6.07) is 18.1. The van der Waals surface area contributed by atoms with Crippen LogP contribution in [0.3, 0.4) is 0 Å². The number of nitrogens with one attached hydrogen (secondary N) is 2. The average Bonchev–Trinajstić information content (AvgIpc) is 3.28. The van der Waals surface area contributed by atoms with Gasteiger partial charge in [0.15, 0.2) is 0 Å². The van der Waals surface area contributed by atoms with Crippen molar-refractivity contribution in [3.05, 3.63) is 71.3 Å². The molecule has 1 aliphatic carbocycles. The predicted octanol–water partition coefficient (Wildman–Crippen LogP) is 2.69. The van der Waals surface area contributed by atoms with Crippen LogP contribution in [0.25, 0.3) is 0 Å². The van der Waals surface area contributed by atoms with Crippen LogP contribution in [-0.4, -0.2) is 41.5 Å². The molecule has 3 aliphatic rings. The Labute approximate surface area is 171 Å². The molecular weight excluding hydrogens is 362 g/mol. The van der Waals surface area contributed by atoms with Gasteiger partial charge in [0, 0.05) is 12.5 Å². The molecule has 0 aromatic heterocycles. The van der Waals surface area contributed by atoms with Crippen molar-refractivity contribution in [3.8, 4) is 0 Å². The van der Waals surface area contributed by atoms with Crippen molar-refractivity contribution in [1.82, 2.24) is 15.5 Å². The van der Waals surface area contributed by atoms with Gasteiger partial charge in [0.2, 0.25) is 0 Å². The molecular formula is C24H27N3O2. The molecule has 0 bridgehead atoms. The lowest BCUT2D eigenvalue weighted by atomic mass is 9.74. The van der Waals surface area contributed by atoms with E-state index in [0.717, 1.165) is 44.3 Å². The highest BCUT2D eigenvalue weighted by molar-refractivity contribution is 6.08. The SMILES string of the molecule is O=C1N[C@@](Cc2ccccc2)(C2CCNCC2)C(=O)N1C1Cc2ccccc2C1. The van der Waals surface area contributed by atoms with E-state index < -0.39 is 5.54 Å². The maximum atomic E-state index is 13.9. The van der Waals surface area contributed by atoms with Gasteiger partial charge in [-0.1, -0.05) is 54.6 Å². The summed E-state index contributed by atoms with van der Waals surface area (Å²) in [5.74, 6) is 0.116. The molecule has 2 aromatic carbocycles. The van der Waals surface area contributed by atoms with Gasteiger partial charge in [-0.25, -0.2) is 4.79 Å². The lowest BCUT2D eigenvalue weighted by Gasteiger charge is -2.38. The fourth-order valence-electron chi connectivity index (χ4n) is 5.43. The van der Waals surface area contributed by atoms with Crippen molar-refractivity contribution < 1.29 is 9.59 Å². The van der Waals surface area contributed by atoms with Crippen molar-refractivity contribution in [2.24, 2.45) is 5.92 Å². The topological polar surface area (TPSA) is 61.4 Å². The van der Waals surface area contributed by atoms with E-state index in [9.17, 15) is 9.59 Å². The number of hydrogen-bond donors (Lipinski definition) is 2. The van der Waals surface area contributed by atoms with E-state index >= 15 is 0 Å². The van der Waals surface area contributed by atoms with Crippen LogP contribution in [0.1, 0.15) is 29.5 Å². The zero-order valence-electron chi connectivity index (χ0n) is 16.6. The predicted molar refractivity (Wildman–Crippen MR) is 111 cm³/mol. The van der Waals surface area contributed by atoms with Gasteiger partial charge >= 0.3 is 6.03 Å². The van der Waals surface area contributed by atoms with E-state index in [1.54, 1.807) is 4.90 Å². The summed E-state index contributed by atoms with van der Waals surface area (Å²) in [6.45, 7) is 1.78. The number of rotatable bonds is 4. The fourth-order valence-corrected chi connectivity index (χ4v) is 5.43. The van der Waals surface area contributed by atoms with Crippen LogP contribution >= 0.6 is 0 Å². The number of carbonyl (C=O) groups is 2. The van der Waals surface area contributed by atoms with Crippen LogP contribution in [0.15, 0.2) is 54.6 Å². The Morgan fingerprint density at radius 3 is 2.17 bits per heavy atom. The van der Waals surface area contributed by atoms with Crippen LogP contribution in [0.4, 0.5) is 4.79 Å². The molecule has 0 unspecified atom stereocenters. The molecule has 3 amide bonds. The number of hydrogen-bond acceptors (Lipinski definition) is 3. The van der Waals surface area contributed by atoms with Gasteiger partial charge < -0.3 is 10.6 Å². The van der Waals surface area contributed by atoms with Gasteiger partial charge in [-0.15, -0.1) is 0 Å². The summed E-state index contributed by atoms with van der Waals surface area (Å²) in [7, 11) is 0. The largest absolute Gasteiger partial charge is 0.325 e. The normalized spacial score (nSPS) is 25.3. The van der Waals surface area contributed by atoms with E-state index in [4.69, 9.17) is 0 Å². The first-order chi connectivity index (χ1) is 14.2. The highest BCUT2D eigenvalue weighted by atomic mass is 16.2. The van der Waals surface area contributed by atoms with E-state index in [1.165, 1.54) is 11.1 Å². The Hall–Kier alpha value is -2.66. The van der Waals surface area contributed by atoms with Crippen LogP contribution in [0, 0.1) is 5.92 Å². The molecule has 0 saturated carbocycles. The molecule has 2 saturated heterocycles. The quantitative estimate of drug-likeness (QED) is 0.791. The number of amides is 3. The van der Waals surface area contributed by atoms with Gasteiger partial charge in [-0.05, 0) is 61.4 Å². The molecule has 1 atom stereocenters. The number of carbonyl (C=O) groups excluding carboxylic acids is 2. The van der Waals surface area contributed by atoms with Crippen molar-refractivity contribution >= 4 is 11.9 Å². The third-order valence-electron chi connectivity index (χ3n) is 6.91. The molecule has 2 N–H and O–H groups in total. The Balaban J connectivity index is 1.47. The Morgan fingerprint density at radius 2 is 1.52 bits per heavy atom. The minimum Gasteiger partial charge on any atom is -0.322 e. The number of imide groups is 1. The van der Waals surface area contributed by atoms with E-state index in [0.29, 0.717) is 6.42 Å². The molecule has 5 nitrogen and oxygen atoms in total. The molecule has 5 rings (SSSR count). The van der Waals surface area contributed by atoms with Crippen LogP contribution in [0.2, 0.25) is 0 Å². The monoisotopic (exact) mass is 389 g/mol. The summed E-state index contributed by atoms with van der Waals surface area (Å²) in [6.07, 6.45) is 3.86. The molecule has 0 radical (unpaired) electrons. The third-order valence-corrected chi connectivity index (χ3v) is 6.91. The zero-order chi connectivity index (χ0) is 19.8. The van der Waals surface area contributed by atoms with Crippen molar-refractivity contribution in [1.29, 1.82) is 0 Å². The summed E-state index contributed by atoms with van der Waals surface area (Å²) >= 11 is 0. The minimum absolute atomic E-state index is 0.0314. The Morgan fingerprint density at radius 1 is 0.897 bits per heavy atom.